The number of hydrogen-bond acceptors (Lipinski definition) is 5. The van der Waals surface area contributed by atoms with E-state index in [1.165, 1.54) is 0 Å². The first-order valence-corrected chi connectivity index (χ1v) is 10.2. The standard InChI is InChI=1S/C21H31F2N5O/c1-21(2,3)14-9-11-15(12-10-14)24-19(20-25-26-27-28(20)4)16-7-5-6-8-17(16)29-13-18(22)23/h5-8,14-15,18-19,24H,9-13H2,1-4H3. The Labute approximate surface area is 171 Å². The highest BCUT2D eigenvalue weighted by Gasteiger charge is 2.32. The number of halogens is 2. The Morgan fingerprint density at radius 2 is 1.86 bits per heavy atom. The van der Waals surface area contributed by atoms with Gasteiger partial charge in [0.25, 0.3) is 6.43 Å². The van der Waals surface area contributed by atoms with Crippen LogP contribution in [0.1, 0.15) is 63.9 Å². The first kappa shape index (κ1) is 21.6. The number of nitrogens with zero attached hydrogens (tertiary/aromatic N) is 4. The molecule has 0 bridgehead atoms. The van der Waals surface area contributed by atoms with Crippen LogP contribution in [0, 0.1) is 11.3 Å². The third kappa shape index (κ3) is 5.50. The van der Waals surface area contributed by atoms with Crippen LogP contribution in [0.3, 0.4) is 0 Å². The van der Waals surface area contributed by atoms with Gasteiger partial charge in [-0.2, -0.15) is 0 Å². The van der Waals surface area contributed by atoms with E-state index < -0.39 is 13.0 Å². The number of tetrazole rings is 1. The average Bonchev–Trinajstić information content (AvgIpc) is 3.10. The Morgan fingerprint density at radius 1 is 1.17 bits per heavy atom. The van der Waals surface area contributed by atoms with E-state index in [0.717, 1.165) is 31.2 Å². The van der Waals surface area contributed by atoms with Gasteiger partial charge in [0, 0.05) is 18.7 Å². The molecule has 0 aliphatic heterocycles. The molecule has 3 rings (SSSR count). The van der Waals surface area contributed by atoms with Gasteiger partial charge in [-0.15, -0.1) is 5.10 Å². The van der Waals surface area contributed by atoms with Gasteiger partial charge >= 0.3 is 0 Å². The number of aromatic nitrogens is 4. The molecule has 1 aliphatic carbocycles. The smallest absolute Gasteiger partial charge is 0.272 e. The van der Waals surface area contributed by atoms with Crippen molar-refractivity contribution in [1.29, 1.82) is 0 Å². The van der Waals surface area contributed by atoms with Crippen LogP contribution in [0.5, 0.6) is 5.75 Å². The van der Waals surface area contributed by atoms with E-state index in [9.17, 15) is 8.78 Å². The summed E-state index contributed by atoms with van der Waals surface area (Å²) in [7, 11) is 1.78. The van der Waals surface area contributed by atoms with Gasteiger partial charge < -0.3 is 10.1 Å². The summed E-state index contributed by atoms with van der Waals surface area (Å²) in [6.45, 7) is 6.26. The summed E-state index contributed by atoms with van der Waals surface area (Å²) in [5.74, 6) is 1.77. The lowest BCUT2D eigenvalue weighted by molar-refractivity contribution is 0.0810. The number of rotatable bonds is 7. The molecule has 0 radical (unpaired) electrons. The molecule has 29 heavy (non-hydrogen) atoms. The first-order chi connectivity index (χ1) is 13.8. The Balaban J connectivity index is 1.82. The fourth-order valence-electron chi connectivity index (χ4n) is 4.15. The second kappa shape index (κ2) is 9.15. The minimum absolute atomic E-state index is 0.304. The summed E-state index contributed by atoms with van der Waals surface area (Å²) < 4.78 is 32.5. The van der Waals surface area contributed by atoms with Crippen molar-refractivity contribution in [2.24, 2.45) is 18.4 Å². The Morgan fingerprint density at radius 3 is 2.45 bits per heavy atom. The summed E-state index contributed by atoms with van der Waals surface area (Å²) in [6, 6.07) is 7.23. The molecule has 6 nitrogen and oxygen atoms in total. The van der Waals surface area contributed by atoms with E-state index in [2.05, 4.69) is 41.6 Å². The number of para-hydroxylation sites is 1. The monoisotopic (exact) mass is 407 g/mol. The lowest BCUT2D eigenvalue weighted by Gasteiger charge is -2.38. The second-order valence-electron chi connectivity index (χ2n) is 8.91. The molecule has 0 amide bonds. The van der Waals surface area contributed by atoms with E-state index >= 15 is 0 Å². The van der Waals surface area contributed by atoms with Crippen molar-refractivity contribution in [3.8, 4) is 5.75 Å². The largest absolute Gasteiger partial charge is 0.487 e. The summed E-state index contributed by atoms with van der Waals surface area (Å²) in [5, 5.41) is 15.6. The molecule has 8 heteroatoms. The predicted octanol–water partition coefficient (Wildman–Crippen LogP) is 4.14. The van der Waals surface area contributed by atoms with Crippen LogP contribution in [0.15, 0.2) is 24.3 Å². The molecule has 1 heterocycles. The minimum Gasteiger partial charge on any atom is -0.487 e. The third-order valence-corrected chi connectivity index (χ3v) is 5.86. The highest BCUT2D eigenvalue weighted by atomic mass is 19.3. The minimum atomic E-state index is -2.53. The van der Waals surface area contributed by atoms with E-state index in [1.807, 2.05) is 12.1 Å². The maximum Gasteiger partial charge on any atom is 0.272 e. The fourth-order valence-corrected chi connectivity index (χ4v) is 4.15. The second-order valence-corrected chi connectivity index (χ2v) is 8.91. The zero-order valence-electron chi connectivity index (χ0n) is 17.6. The van der Waals surface area contributed by atoms with Gasteiger partial charge in [0.15, 0.2) is 5.82 Å². The van der Waals surface area contributed by atoms with Crippen molar-refractivity contribution in [1.82, 2.24) is 25.5 Å². The molecule has 1 aromatic carbocycles. The zero-order chi connectivity index (χ0) is 21.0. The van der Waals surface area contributed by atoms with Crippen LogP contribution >= 0.6 is 0 Å². The van der Waals surface area contributed by atoms with E-state index in [1.54, 1.807) is 23.9 Å². The zero-order valence-corrected chi connectivity index (χ0v) is 17.6. The number of hydrogen-bond donors (Lipinski definition) is 1. The number of nitrogens with one attached hydrogen (secondary N) is 1. The van der Waals surface area contributed by atoms with Crippen molar-refractivity contribution in [3.63, 3.8) is 0 Å². The summed E-state index contributed by atoms with van der Waals surface area (Å²) in [4.78, 5) is 0. The number of alkyl halides is 2. The summed E-state index contributed by atoms with van der Waals surface area (Å²) in [6.07, 6.45) is 1.91. The molecule has 2 aromatic rings. The summed E-state index contributed by atoms with van der Waals surface area (Å²) in [5.41, 5.74) is 1.08. The molecule has 1 N–H and O–H groups in total. The summed E-state index contributed by atoms with van der Waals surface area (Å²) >= 11 is 0. The maximum absolute atomic E-state index is 12.7. The van der Waals surface area contributed by atoms with E-state index in [-0.39, 0.29) is 6.04 Å². The van der Waals surface area contributed by atoms with Crippen LogP contribution in [0.4, 0.5) is 8.78 Å². The lowest BCUT2D eigenvalue weighted by atomic mass is 9.71. The van der Waals surface area contributed by atoms with Gasteiger partial charge in [-0.05, 0) is 53.5 Å². The van der Waals surface area contributed by atoms with Crippen LogP contribution in [0.2, 0.25) is 0 Å². The fraction of sp³-hybridized carbons (Fsp3) is 0.667. The highest BCUT2D eigenvalue weighted by molar-refractivity contribution is 5.39. The quantitative estimate of drug-likeness (QED) is 0.747. The SMILES string of the molecule is Cn1nnnc1C(NC1CCC(C(C)(C)C)CC1)c1ccccc1OCC(F)F. The van der Waals surface area contributed by atoms with Gasteiger partial charge in [-0.3, -0.25) is 0 Å². The van der Waals surface area contributed by atoms with Crippen molar-refractivity contribution >= 4 is 0 Å². The molecule has 160 valence electrons. The Kier molecular flexibility index (Phi) is 6.82. The van der Waals surface area contributed by atoms with Gasteiger partial charge in [0.2, 0.25) is 0 Å². The van der Waals surface area contributed by atoms with Crippen molar-refractivity contribution in [2.45, 2.75) is 65.0 Å². The topological polar surface area (TPSA) is 64.9 Å². The van der Waals surface area contributed by atoms with Crippen molar-refractivity contribution < 1.29 is 13.5 Å². The normalized spacial score (nSPS) is 21.3. The molecule has 1 aliphatic rings. The Bertz CT molecular complexity index is 781. The van der Waals surface area contributed by atoms with Crippen LogP contribution in [-0.4, -0.2) is 39.3 Å². The number of ether oxygens (including phenoxy) is 1. The molecule has 0 spiro atoms. The van der Waals surface area contributed by atoms with Gasteiger partial charge in [-0.25, -0.2) is 13.5 Å². The van der Waals surface area contributed by atoms with Gasteiger partial charge in [-0.1, -0.05) is 39.0 Å². The highest BCUT2D eigenvalue weighted by Crippen LogP contribution is 2.39. The first-order valence-electron chi connectivity index (χ1n) is 10.2. The lowest BCUT2D eigenvalue weighted by Crippen LogP contribution is -2.39. The molecular weight excluding hydrogens is 376 g/mol. The molecule has 1 atom stereocenters. The van der Waals surface area contributed by atoms with E-state index in [0.29, 0.717) is 28.9 Å². The number of aryl methyl sites for hydroxylation is 1. The molecule has 1 saturated carbocycles. The van der Waals surface area contributed by atoms with Gasteiger partial charge in [0.05, 0.1) is 6.04 Å². The van der Waals surface area contributed by atoms with Crippen LogP contribution < -0.4 is 10.1 Å². The Hall–Kier alpha value is -2.09. The molecular formula is C21H31F2N5O. The number of benzene rings is 1. The van der Waals surface area contributed by atoms with Crippen LogP contribution in [0.25, 0.3) is 0 Å². The molecule has 1 fully saturated rings. The maximum atomic E-state index is 12.7. The van der Waals surface area contributed by atoms with Crippen LogP contribution in [-0.2, 0) is 7.05 Å². The molecule has 1 aromatic heterocycles. The van der Waals surface area contributed by atoms with Gasteiger partial charge in [0.1, 0.15) is 12.4 Å². The predicted molar refractivity (Wildman–Crippen MR) is 107 cm³/mol. The average molecular weight is 408 g/mol. The molecule has 1 unspecified atom stereocenters. The molecule has 0 saturated heterocycles. The van der Waals surface area contributed by atoms with E-state index in [4.69, 9.17) is 4.74 Å². The van der Waals surface area contributed by atoms with Crippen molar-refractivity contribution in [2.75, 3.05) is 6.61 Å². The van der Waals surface area contributed by atoms with Crippen molar-refractivity contribution in [3.05, 3.63) is 35.7 Å². The third-order valence-electron chi connectivity index (χ3n) is 5.86.